The minimum absolute atomic E-state index is 0.245. The lowest BCUT2D eigenvalue weighted by atomic mass is 10.1. The van der Waals surface area contributed by atoms with Gasteiger partial charge >= 0.3 is 0 Å². The number of aliphatic hydroxyl groups excluding tert-OH is 1. The van der Waals surface area contributed by atoms with Crippen molar-refractivity contribution in [1.29, 1.82) is 0 Å². The number of hydrogen-bond donors (Lipinski definition) is 1. The summed E-state index contributed by atoms with van der Waals surface area (Å²) in [6.45, 7) is 6.11. The maximum absolute atomic E-state index is 13.6. The zero-order valence-corrected chi connectivity index (χ0v) is 12.2. The topological polar surface area (TPSA) is 23.5 Å². The molecule has 0 amide bonds. The maximum Gasteiger partial charge on any atom is 0.138 e. The first-order valence-corrected chi connectivity index (χ1v) is 7.22. The van der Waals surface area contributed by atoms with Crippen LogP contribution in [0.2, 0.25) is 0 Å². The summed E-state index contributed by atoms with van der Waals surface area (Å²) < 4.78 is 13.6. The third-order valence-corrected chi connectivity index (χ3v) is 3.38. The van der Waals surface area contributed by atoms with Gasteiger partial charge in [-0.15, -0.1) is 0 Å². The summed E-state index contributed by atoms with van der Waals surface area (Å²) in [5.74, 6) is 5.48. The molecule has 0 bridgehead atoms. The van der Waals surface area contributed by atoms with Crippen LogP contribution >= 0.6 is 0 Å². The molecular formula is C17H22FNO. The van der Waals surface area contributed by atoms with Crippen molar-refractivity contribution in [2.45, 2.75) is 39.3 Å². The third-order valence-electron chi connectivity index (χ3n) is 3.38. The first-order valence-electron chi connectivity index (χ1n) is 7.22. The van der Waals surface area contributed by atoms with Gasteiger partial charge in [-0.05, 0) is 36.5 Å². The lowest BCUT2D eigenvalue weighted by Crippen LogP contribution is -2.29. The molecule has 1 N–H and O–H groups in total. The molecule has 0 radical (unpaired) electrons. The van der Waals surface area contributed by atoms with Crippen molar-refractivity contribution < 1.29 is 9.50 Å². The molecule has 0 spiro atoms. The zero-order valence-electron chi connectivity index (χ0n) is 12.2. The van der Waals surface area contributed by atoms with Gasteiger partial charge in [-0.2, -0.15) is 0 Å². The van der Waals surface area contributed by atoms with Crippen LogP contribution in [0.1, 0.15) is 37.8 Å². The number of rotatable bonds is 5. The number of aliphatic hydroxyl groups is 1. The Kier molecular flexibility index (Phi) is 5.17. The second-order valence-corrected chi connectivity index (χ2v) is 5.83. The summed E-state index contributed by atoms with van der Waals surface area (Å²) in [5.41, 5.74) is 1.46. The second-order valence-electron chi connectivity index (χ2n) is 5.83. The third kappa shape index (κ3) is 4.33. The molecule has 1 aliphatic rings. The van der Waals surface area contributed by atoms with Crippen LogP contribution in [-0.4, -0.2) is 29.2 Å². The lowest BCUT2D eigenvalue weighted by Gasteiger charge is -2.24. The fraction of sp³-hybridized carbons (Fsp3) is 0.529. The van der Waals surface area contributed by atoms with E-state index >= 15 is 0 Å². The SMILES string of the molecule is CC(C)CN(Cc1ccc(F)c(C#CCO)c1)C1CC1. The van der Waals surface area contributed by atoms with Crippen LogP contribution in [0.15, 0.2) is 18.2 Å². The van der Waals surface area contributed by atoms with Crippen molar-refractivity contribution in [3.8, 4) is 11.8 Å². The summed E-state index contributed by atoms with van der Waals surface area (Å²) >= 11 is 0. The highest BCUT2D eigenvalue weighted by atomic mass is 19.1. The van der Waals surface area contributed by atoms with Crippen molar-refractivity contribution >= 4 is 0 Å². The number of benzene rings is 1. The predicted octanol–water partition coefficient (Wildman–Crippen LogP) is 2.79. The number of hydrogen-bond acceptors (Lipinski definition) is 2. The fourth-order valence-corrected chi connectivity index (χ4v) is 2.39. The second kappa shape index (κ2) is 6.88. The van der Waals surface area contributed by atoms with Gasteiger partial charge in [-0.1, -0.05) is 31.8 Å². The molecule has 0 unspecified atom stereocenters. The van der Waals surface area contributed by atoms with Crippen molar-refractivity contribution in [3.05, 3.63) is 35.1 Å². The Morgan fingerprint density at radius 3 is 2.75 bits per heavy atom. The van der Waals surface area contributed by atoms with E-state index in [0.29, 0.717) is 17.5 Å². The van der Waals surface area contributed by atoms with Crippen LogP contribution in [0.3, 0.4) is 0 Å². The summed E-state index contributed by atoms with van der Waals surface area (Å²) in [5, 5.41) is 8.71. The summed E-state index contributed by atoms with van der Waals surface area (Å²) in [7, 11) is 0. The minimum Gasteiger partial charge on any atom is -0.384 e. The molecule has 3 heteroatoms. The molecule has 1 aliphatic carbocycles. The molecule has 0 atom stereocenters. The van der Waals surface area contributed by atoms with E-state index in [4.69, 9.17) is 5.11 Å². The van der Waals surface area contributed by atoms with Crippen molar-refractivity contribution in [1.82, 2.24) is 4.90 Å². The van der Waals surface area contributed by atoms with Crippen molar-refractivity contribution in [2.24, 2.45) is 5.92 Å². The Hall–Kier alpha value is -1.37. The fourth-order valence-electron chi connectivity index (χ4n) is 2.39. The van der Waals surface area contributed by atoms with Crippen LogP contribution in [-0.2, 0) is 6.54 Å². The van der Waals surface area contributed by atoms with Crippen LogP contribution in [0.4, 0.5) is 4.39 Å². The molecule has 1 aromatic carbocycles. The number of halogens is 1. The number of nitrogens with zero attached hydrogens (tertiary/aromatic N) is 1. The normalized spacial score (nSPS) is 14.5. The Labute approximate surface area is 120 Å². The van der Waals surface area contributed by atoms with Gasteiger partial charge in [0.1, 0.15) is 12.4 Å². The van der Waals surface area contributed by atoms with Crippen molar-refractivity contribution in [2.75, 3.05) is 13.2 Å². The van der Waals surface area contributed by atoms with E-state index in [2.05, 4.69) is 30.6 Å². The average molecular weight is 275 g/mol. The van der Waals surface area contributed by atoms with E-state index < -0.39 is 0 Å². The lowest BCUT2D eigenvalue weighted by molar-refractivity contribution is 0.226. The molecular weight excluding hydrogens is 253 g/mol. The molecule has 1 aromatic rings. The largest absolute Gasteiger partial charge is 0.384 e. The quantitative estimate of drug-likeness (QED) is 0.835. The van der Waals surface area contributed by atoms with Gasteiger partial charge in [0.25, 0.3) is 0 Å². The Morgan fingerprint density at radius 2 is 2.15 bits per heavy atom. The zero-order chi connectivity index (χ0) is 14.5. The van der Waals surface area contributed by atoms with Gasteiger partial charge in [-0.3, -0.25) is 4.90 Å². The van der Waals surface area contributed by atoms with E-state index in [0.717, 1.165) is 18.7 Å². The van der Waals surface area contributed by atoms with Gasteiger partial charge in [-0.25, -0.2) is 4.39 Å². The molecule has 20 heavy (non-hydrogen) atoms. The van der Waals surface area contributed by atoms with E-state index in [1.165, 1.54) is 18.9 Å². The molecule has 2 rings (SSSR count). The van der Waals surface area contributed by atoms with E-state index in [-0.39, 0.29) is 12.4 Å². The van der Waals surface area contributed by atoms with E-state index in [1.54, 1.807) is 6.07 Å². The monoisotopic (exact) mass is 275 g/mol. The summed E-state index contributed by atoms with van der Waals surface area (Å²) in [6.07, 6.45) is 2.54. The van der Waals surface area contributed by atoms with Crippen molar-refractivity contribution in [3.63, 3.8) is 0 Å². The molecule has 0 aliphatic heterocycles. The average Bonchev–Trinajstić information content (AvgIpc) is 3.22. The van der Waals surface area contributed by atoms with Crippen LogP contribution in [0, 0.1) is 23.6 Å². The Balaban J connectivity index is 2.11. The molecule has 108 valence electrons. The van der Waals surface area contributed by atoms with Crippen LogP contribution in [0.5, 0.6) is 0 Å². The molecule has 0 aromatic heterocycles. The van der Waals surface area contributed by atoms with E-state index in [9.17, 15) is 4.39 Å². The molecule has 1 saturated carbocycles. The predicted molar refractivity (Wildman–Crippen MR) is 78.6 cm³/mol. The summed E-state index contributed by atoms with van der Waals surface area (Å²) in [4.78, 5) is 2.47. The Morgan fingerprint density at radius 1 is 1.40 bits per heavy atom. The van der Waals surface area contributed by atoms with E-state index in [1.807, 2.05) is 6.07 Å². The smallest absolute Gasteiger partial charge is 0.138 e. The molecule has 1 fully saturated rings. The summed E-state index contributed by atoms with van der Waals surface area (Å²) in [6, 6.07) is 5.79. The first-order chi connectivity index (χ1) is 9.60. The van der Waals surface area contributed by atoms with Crippen LogP contribution in [0.25, 0.3) is 0 Å². The molecule has 0 saturated heterocycles. The standard InChI is InChI=1S/C17H22FNO/c1-13(2)11-19(16-6-7-16)12-14-5-8-17(18)15(10-14)4-3-9-20/h5,8,10,13,16,20H,6-7,9,11-12H2,1-2H3. The van der Waals surface area contributed by atoms with Crippen LogP contribution < -0.4 is 0 Å². The van der Waals surface area contributed by atoms with Gasteiger partial charge in [0.05, 0.1) is 5.56 Å². The highest BCUT2D eigenvalue weighted by Gasteiger charge is 2.29. The van der Waals surface area contributed by atoms with Gasteiger partial charge < -0.3 is 5.11 Å². The molecule has 0 heterocycles. The van der Waals surface area contributed by atoms with Gasteiger partial charge in [0.2, 0.25) is 0 Å². The highest BCUT2D eigenvalue weighted by molar-refractivity contribution is 5.38. The highest BCUT2D eigenvalue weighted by Crippen LogP contribution is 2.29. The maximum atomic E-state index is 13.6. The minimum atomic E-state index is -0.323. The van der Waals surface area contributed by atoms with Gasteiger partial charge in [0.15, 0.2) is 0 Å². The first kappa shape index (κ1) is 15.0. The van der Waals surface area contributed by atoms with Gasteiger partial charge in [0, 0.05) is 19.1 Å². The Bertz CT molecular complexity index is 511. The molecule has 2 nitrogen and oxygen atoms in total.